The average molecular weight is 820 g/mol. The van der Waals surface area contributed by atoms with Crippen molar-refractivity contribution in [3.05, 3.63) is 123 Å². The largest absolute Gasteiger partial charge is 0.497 e. The van der Waals surface area contributed by atoms with Crippen LogP contribution in [0.5, 0.6) is 11.5 Å². The molecule has 4 heterocycles. The zero-order chi connectivity index (χ0) is 39.8. The first-order chi connectivity index (χ1) is 27.6. The van der Waals surface area contributed by atoms with Crippen LogP contribution in [0.15, 0.2) is 83.8 Å². The summed E-state index contributed by atoms with van der Waals surface area (Å²) in [5.41, 5.74) is 9.36. The van der Waals surface area contributed by atoms with Crippen molar-refractivity contribution >= 4 is 62.8 Å². The van der Waals surface area contributed by atoms with E-state index in [-0.39, 0.29) is 12.0 Å². The number of hydrogen-bond donors (Lipinski definition) is 0. The normalized spacial score (nSPS) is 13.8. The molecule has 0 radical (unpaired) electrons. The van der Waals surface area contributed by atoms with E-state index in [1.165, 1.54) is 12.8 Å². The van der Waals surface area contributed by atoms with Crippen molar-refractivity contribution in [2.75, 3.05) is 20.8 Å². The molecule has 57 heavy (non-hydrogen) atoms. The number of aromatic nitrogens is 5. The number of nitrogens with zero attached hydrogens (tertiary/aromatic N) is 5. The van der Waals surface area contributed by atoms with Gasteiger partial charge in [0.15, 0.2) is 0 Å². The minimum atomic E-state index is -0.389. The summed E-state index contributed by atoms with van der Waals surface area (Å²) in [7, 11) is 5.03. The number of ether oxygens (including phenoxy) is 3. The molecular weight excluding hydrogens is 774 g/mol. The van der Waals surface area contributed by atoms with Gasteiger partial charge in [-0.1, -0.05) is 54.1 Å². The van der Waals surface area contributed by atoms with Crippen LogP contribution in [0.3, 0.4) is 0 Å². The molecule has 0 aliphatic carbocycles. The molecule has 8 bridgehead atoms. The first kappa shape index (κ1) is 39.0. The number of hydrogen-bond acceptors (Lipinski definition) is 8. The Balaban J connectivity index is 1.27. The van der Waals surface area contributed by atoms with Crippen LogP contribution >= 0.6 is 35.1 Å². The first-order valence-corrected chi connectivity index (χ1v) is 21.7. The molecule has 0 spiro atoms. The number of esters is 1. The minimum Gasteiger partial charge on any atom is -0.497 e. The van der Waals surface area contributed by atoms with E-state index in [2.05, 4.69) is 78.7 Å². The zero-order valence-corrected chi connectivity index (χ0v) is 35.5. The Kier molecular flexibility index (Phi) is 11.3. The Bertz CT molecular complexity index is 2610. The zero-order valence-electron chi connectivity index (χ0n) is 33.1. The fraction of sp³-hybridized carbons (Fsp3) is 0.311. The van der Waals surface area contributed by atoms with Gasteiger partial charge in [-0.05, 0) is 86.5 Å². The predicted molar refractivity (Wildman–Crippen MR) is 232 cm³/mol. The number of rotatable bonds is 5. The van der Waals surface area contributed by atoms with Gasteiger partial charge in [-0.25, -0.2) is 4.79 Å². The van der Waals surface area contributed by atoms with Gasteiger partial charge in [-0.2, -0.15) is 10.2 Å². The summed E-state index contributed by atoms with van der Waals surface area (Å²) >= 11 is 10.8. The average Bonchev–Trinajstić information content (AvgIpc) is 3.86. The Morgan fingerprint density at radius 3 is 2.53 bits per heavy atom. The second-order valence-electron chi connectivity index (χ2n) is 14.7. The number of benzene rings is 4. The highest BCUT2D eigenvalue weighted by Gasteiger charge is 2.28. The standard InChI is InChI=1S/C45H46ClN5O4S2/c1-27(2)51-32-21-31(47-51)24-56-26-39-41(28(3)50(48-39)23-29-13-15-33(53-5)16-14-29)42-38(46)18-17-37-36(44(45(52)54-6)49(4)43(37)42)12-9-19-55-40-22-34(57-25-32)20-30-10-7-8-11-35(30)40/h7-8,10-11,13-18,20-22,27H,9,12,19,23-26H2,1-6H3. The molecule has 0 amide bonds. The molecule has 294 valence electrons. The Labute approximate surface area is 346 Å². The molecule has 7 aromatic rings. The van der Waals surface area contributed by atoms with Gasteiger partial charge < -0.3 is 18.8 Å². The van der Waals surface area contributed by atoms with Gasteiger partial charge in [0.2, 0.25) is 0 Å². The summed E-state index contributed by atoms with van der Waals surface area (Å²) < 4.78 is 23.6. The highest BCUT2D eigenvalue weighted by Crippen LogP contribution is 2.43. The number of carbonyl (C=O) groups excluding carboxylic acids is 1. The van der Waals surface area contributed by atoms with E-state index < -0.39 is 0 Å². The summed E-state index contributed by atoms with van der Waals surface area (Å²) in [6.07, 6.45) is 1.29. The Morgan fingerprint density at radius 2 is 1.75 bits per heavy atom. The fourth-order valence-corrected chi connectivity index (χ4v) is 9.97. The van der Waals surface area contributed by atoms with Gasteiger partial charge in [0.05, 0.1) is 49.3 Å². The van der Waals surface area contributed by atoms with Crippen LogP contribution in [0.4, 0.5) is 0 Å². The number of halogens is 1. The molecule has 12 heteroatoms. The maximum absolute atomic E-state index is 13.6. The Morgan fingerprint density at radius 1 is 0.947 bits per heavy atom. The van der Waals surface area contributed by atoms with Crippen molar-refractivity contribution in [2.45, 2.75) is 68.4 Å². The van der Waals surface area contributed by atoms with E-state index >= 15 is 0 Å². The molecule has 0 saturated heterocycles. The van der Waals surface area contributed by atoms with E-state index in [0.717, 1.165) is 83.2 Å². The summed E-state index contributed by atoms with van der Waals surface area (Å²) in [6.45, 7) is 7.51. The number of fused-ring (bicyclic) bond motifs is 8. The van der Waals surface area contributed by atoms with Crippen molar-refractivity contribution in [1.29, 1.82) is 0 Å². The summed E-state index contributed by atoms with van der Waals surface area (Å²) in [5.74, 6) is 3.40. The molecule has 0 saturated carbocycles. The molecule has 0 unspecified atom stereocenters. The summed E-state index contributed by atoms with van der Waals surface area (Å²) in [5, 5.41) is 14.1. The van der Waals surface area contributed by atoms with Crippen molar-refractivity contribution in [3.8, 4) is 22.6 Å². The van der Waals surface area contributed by atoms with Gasteiger partial charge in [0.1, 0.15) is 17.2 Å². The quantitative estimate of drug-likeness (QED) is 0.159. The number of methoxy groups -OCH3 is 2. The van der Waals surface area contributed by atoms with Gasteiger partial charge in [-0.3, -0.25) is 9.36 Å². The maximum Gasteiger partial charge on any atom is 0.354 e. The second kappa shape index (κ2) is 16.6. The van der Waals surface area contributed by atoms with E-state index in [1.807, 2.05) is 41.9 Å². The molecule has 1 aliphatic heterocycles. The lowest BCUT2D eigenvalue weighted by atomic mass is 9.98. The van der Waals surface area contributed by atoms with E-state index in [0.29, 0.717) is 48.2 Å². The molecule has 1 aliphatic rings. The lowest BCUT2D eigenvalue weighted by molar-refractivity contribution is 0.0589. The van der Waals surface area contributed by atoms with Crippen LogP contribution in [-0.2, 0) is 42.0 Å². The van der Waals surface area contributed by atoms with Gasteiger partial charge in [0.25, 0.3) is 0 Å². The van der Waals surface area contributed by atoms with Crippen LogP contribution in [0.25, 0.3) is 32.8 Å². The third-order valence-electron chi connectivity index (χ3n) is 10.7. The lowest BCUT2D eigenvalue weighted by Crippen LogP contribution is -2.11. The minimum absolute atomic E-state index is 0.219. The second-order valence-corrected chi connectivity index (χ2v) is 17.1. The smallest absolute Gasteiger partial charge is 0.354 e. The number of aryl methyl sites for hydroxylation is 2. The van der Waals surface area contributed by atoms with Crippen molar-refractivity contribution in [3.63, 3.8) is 0 Å². The monoisotopic (exact) mass is 819 g/mol. The first-order valence-electron chi connectivity index (χ1n) is 19.2. The SMILES string of the molecule is COC(=O)c1c2c3ccc(Cl)c(c3n1C)-c1c(nn(Cc3ccc(OC)cc3)c1C)CSCc1cc(n(C(C)C)n1)CSc1cc(c3ccccc3c1)OCCC2. The van der Waals surface area contributed by atoms with Crippen LogP contribution in [0.2, 0.25) is 5.02 Å². The van der Waals surface area contributed by atoms with Crippen molar-refractivity contribution < 1.29 is 19.0 Å². The molecule has 8 rings (SSSR count). The van der Waals surface area contributed by atoms with Gasteiger partial charge >= 0.3 is 5.97 Å². The van der Waals surface area contributed by atoms with Gasteiger partial charge in [0, 0.05) is 68.5 Å². The number of thioether (sulfide) groups is 2. The maximum atomic E-state index is 13.6. The summed E-state index contributed by atoms with van der Waals surface area (Å²) in [6, 6.07) is 27.3. The third kappa shape index (κ3) is 7.65. The summed E-state index contributed by atoms with van der Waals surface area (Å²) in [4.78, 5) is 14.7. The van der Waals surface area contributed by atoms with E-state index in [9.17, 15) is 4.79 Å². The third-order valence-corrected chi connectivity index (χ3v) is 13.0. The predicted octanol–water partition coefficient (Wildman–Crippen LogP) is 10.8. The topological polar surface area (TPSA) is 85.3 Å². The molecule has 4 aromatic carbocycles. The molecule has 0 atom stereocenters. The lowest BCUT2D eigenvalue weighted by Gasteiger charge is -2.14. The molecule has 3 aromatic heterocycles. The highest BCUT2D eigenvalue weighted by atomic mass is 35.5. The van der Waals surface area contributed by atoms with Crippen LogP contribution in [-0.4, -0.2) is 50.9 Å². The Hall–Kier alpha value is -4.84. The molecular formula is C45H46ClN5O4S2. The molecule has 9 nitrogen and oxygen atoms in total. The fourth-order valence-electron chi connectivity index (χ4n) is 7.95. The highest BCUT2D eigenvalue weighted by molar-refractivity contribution is 7.98. The van der Waals surface area contributed by atoms with Gasteiger partial charge in [-0.15, -0.1) is 23.5 Å². The van der Waals surface area contributed by atoms with Crippen LogP contribution < -0.4 is 9.47 Å². The van der Waals surface area contributed by atoms with E-state index in [1.54, 1.807) is 30.6 Å². The molecule has 0 fully saturated rings. The van der Waals surface area contributed by atoms with Crippen molar-refractivity contribution in [1.82, 2.24) is 24.1 Å². The van der Waals surface area contributed by atoms with Crippen molar-refractivity contribution in [2.24, 2.45) is 7.05 Å². The van der Waals surface area contributed by atoms with E-state index in [4.69, 9.17) is 36.0 Å². The van der Waals surface area contributed by atoms with Crippen LogP contribution in [0.1, 0.15) is 70.7 Å². The van der Waals surface area contributed by atoms with Crippen LogP contribution in [0, 0.1) is 6.92 Å². The molecule has 0 N–H and O–H groups in total. The number of carbonyl (C=O) groups is 1.